The number of rotatable bonds is 4. The lowest BCUT2D eigenvalue weighted by Gasteiger charge is -2.09. The van der Waals surface area contributed by atoms with Crippen molar-refractivity contribution < 1.29 is 13.9 Å². The molecule has 0 aliphatic heterocycles. The number of methoxy groups -OCH3 is 1. The lowest BCUT2D eigenvalue weighted by atomic mass is 10.1. The van der Waals surface area contributed by atoms with Crippen molar-refractivity contribution in [3.8, 4) is 5.75 Å². The summed E-state index contributed by atoms with van der Waals surface area (Å²) in [6.45, 7) is 1.64. The Hall–Kier alpha value is -2.36. The monoisotopic (exact) mass is 273 g/mol. The maximum absolute atomic E-state index is 13.4. The van der Waals surface area contributed by atoms with Gasteiger partial charge in [-0.15, -0.1) is 0 Å². The van der Waals surface area contributed by atoms with E-state index in [2.05, 4.69) is 5.32 Å². The van der Waals surface area contributed by atoms with Crippen LogP contribution in [-0.4, -0.2) is 13.0 Å². The first-order chi connectivity index (χ1) is 9.60. The third-order valence-electron chi connectivity index (χ3n) is 3.07. The summed E-state index contributed by atoms with van der Waals surface area (Å²) >= 11 is 0. The van der Waals surface area contributed by atoms with Crippen molar-refractivity contribution in [3.05, 3.63) is 59.4 Å². The van der Waals surface area contributed by atoms with E-state index in [4.69, 9.17) is 4.74 Å². The normalized spacial score (nSPS) is 10.2. The van der Waals surface area contributed by atoms with E-state index >= 15 is 0 Å². The second-order valence-corrected chi connectivity index (χ2v) is 4.49. The Bertz CT molecular complexity index is 608. The molecule has 0 fully saturated rings. The topological polar surface area (TPSA) is 38.3 Å². The van der Waals surface area contributed by atoms with Crippen molar-refractivity contribution in [2.45, 2.75) is 13.3 Å². The van der Waals surface area contributed by atoms with Gasteiger partial charge in [-0.25, -0.2) is 4.39 Å². The molecule has 2 rings (SSSR count). The Morgan fingerprint density at radius 3 is 2.55 bits per heavy atom. The molecule has 0 radical (unpaired) electrons. The van der Waals surface area contributed by atoms with E-state index in [1.807, 2.05) is 12.1 Å². The highest BCUT2D eigenvalue weighted by Gasteiger charge is 2.08. The van der Waals surface area contributed by atoms with Crippen LogP contribution in [-0.2, 0) is 11.2 Å². The molecule has 0 spiro atoms. The van der Waals surface area contributed by atoms with Gasteiger partial charge in [0.15, 0.2) is 0 Å². The number of anilines is 1. The van der Waals surface area contributed by atoms with Crippen LogP contribution in [0.2, 0.25) is 0 Å². The van der Waals surface area contributed by atoms with E-state index in [-0.39, 0.29) is 18.1 Å². The van der Waals surface area contributed by atoms with Gasteiger partial charge >= 0.3 is 0 Å². The van der Waals surface area contributed by atoms with Gasteiger partial charge in [-0.1, -0.05) is 18.2 Å². The molecular weight excluding hydrogens is 257 g/mol. The zero-order valence-corrected chi connectivity index (χ0v) is 11.4. The van der Waals surface area contributed by atoms with Crippen LogP contribution in [0.25, 0.3) is 0 Å². The summed E-state index contributed by atoms with van der Waals surface area (Å²) in [6, 6.07) is 11.9. The van der Waals surface area contributed by atoms with Gasteiger partial charge in [-0.05, 0) is 36.8 Å². The van der Waals surface area contributed by atoms with Gasteiger partial charge in [0, 0.05) is 11.3 Å². The molecule has 0 aliphatic carbocycles. The van der Waals surface area contributed by atoms with Crippen molar-refractivity contribution in [3.63, 3.8) is 0 Å². The van der Waals surface area contributed by atoms with Crippen LogP contribution in [0.15, 0.2) is 42.5 Å². The molecule has 0 atom stereocenters. The standard InChI is InChI=1S/C16H16FNO2/c1-11-14(17)4-3-5-15(11)18-16(19)10-12-6-8-13(20-2)9-7-12/h3-9H,10H2,1-2H3,(H,18,19). The molecule has 104 valence electrons. The van der Waals surface area contributed by atoms with Crippen molar-refractivity contribution in [1.29, 1.82) is 0 Å². The van der Waals surface area contributed by atoms with Gasteiger partial charge in [0.1, 0.15) is 11.6 Å². The molecule has 1 N–H and O–H groups in total. The fraction of sp³-hybridized carbons (Fsp3) is 0.188. The second-order valence-electron chi connectivity index (χ2n) is 4.49. The van der Waals surface area contributed by atoms with Crippen LogP contribution in [0.3, 0.4) is 0 Å². The number of carbonyl (C=O) groups excluding carboxylic acids is 1. The number of benzene rings is 2. The molecule has 1 amide bonds. The van der Waals surface area contributed by atoms with E-state index in [1.54, 1.807) is 38.3 Å². The molecule has 0 unspecified atom stereocenters. The number of nitrogens with one attached hydrogen (secondary N) is 1. The first-order valence-corrected chi connectivity index (χ1v) is 6.28. The van der Waals surface area contributed by atoms with E-state index in [9.17, 15) is 9.18 Å². The molecule has 0 aromatic heterocycles. The van der Waals surface area contributed by atoms with E-state index < -0.39 is 0 Å². The summed E-state index contributed by atoms with van der Waals surface area (Å²) in [5.74, 6) is 0.242. The van der Waals surface area contributed by atoms with Crippen molar-refractivity contribution in [2.75, 3.05) is 12.4 Å². The molecule has 4 heteroatoms. The van der Waals surface area contributed by atoms with Crippen LogP contribution in [0, 0.1) is 12.7 Å². The minimum absolute atomic E-state index is 0.177. The Balaban J connectivity index is 2.03. The SMILES string of the molecule is COc1ccc(CC(=O)Nc2cccc(F)c2C)cc1. The zero-order chi connectivity index (χ0) is 14.5. The lowest BCUT2D eigenvalue weighted by molar-refractivity contribution is -0.115. The predicted octanol–water partition coefficient (Wildman–Crippen LogP) is 3.32. The molecule has 0 saturated heterocycles. The third-order valence-corrected chi connectivity index (χ3v) is 3.07. The Kier molecular flexibility index (Phi) is 4.35. The Labute approximate surface area is 117 Å². The van der Waals surface area contributed by atoms with Crippen molar-refractivity contribution in [2.24, 2.45) is 0 Å². The van der Waals surface area contributed by atoms with E-state index in [1.165, 1.54) is 6.07 Å². The molecule has 3 nitrogen and oxygen atoms in total. The highest BCUT2D eigenvalue weighted by atomic mass is 19.1. The quantitative estimate of drug-likeness (QED) is 0.928. The van der Waals surface area contributed by atoms with Gasteiger partial charge in [0.05, 0.1) is 13.5 Å². The van der Waals surface area contributed by atoms with Gasteiger partial charge in [-0.2, -0.15) is 0 Å². The van der Waals surface area contributed by atoms with E-state index in [0.29, 0.717) is 11.3 Å². The van der Waals surface area contributed by atoms with Gasteiger partial charge in [-0.3, -0.25) is 4.79 Å². The summed E-state index contributed by atoms with van der Waals surface area (Å²) < 4.78 is 18.4. The average Bonchev–Trinajstić information content (AvgIpc) is 2.45. The van der Waals surface area contributed by atoms with Gasteiger partial charge in [0.25, 0.3) is 0 Å². The third kappa shape index (κ3) is 3.35. The molecule has 0 saturated carbocycles. The summed E-state index contributed by atoms with van der Waals surface area (Å²) in [5, 5.41) is 2.72. The van der Waals surface area contributed by atoms with Crippen LogP contribution >= 0.6 is 0 Å². The van der Waals surface area contributed by atoms with Crippen LogP contribution in [0.5, 0.6) is 5.75 Å². The molecule has 2 aromatic rings. The second kappa shape index (κ2) is 6.19. The smallest absolute Gasteiger partial charge is 0.228 e. The molecular formula is C16H16FNO2. The van der Waals surface area contributed by atoms with E-state index in [0.717, 1.165) is 11.3 Å². The number of hydrogen-bond acceptors (Lipinski definition) is 2. The fourth-order valence-corrected chi connectivity index (χ4v) is 1.87. The predicted molar refractivity (Wildman–Crippen MR) is 76.5 cm³/mol. The largest absolute Gasteiger partial charge is 0.497 e. The van der Waals surface area contributed by atoms with Crippen LogP contribution in [0.4, 0.5) is 10.1 Å². The minimum atomic E-state index is -0.327. The maximum Gasteiger partial charge on any atom is 0.228 e. The minimum Gasteiger partial charge on any atom is -0.497 e. The van der Waals surface area contributed by atoms with Gasteiger partial charge < -0.3 is 10.1 Å². The first kappa shape index (κ1) is 14.1. The zero-order valence-electron chi connectivity index (χ0n) is 11.4. The number of carbonyl (C=O) groups is 1. The maximum atomic E-state index is 13.4. The summed E-state index contributed by atoms with van der Waals surface area (Å²) in [4.78, 5) is 11.9. The Morgan fingerprint density at radius 2 is 1.90 bits per heavy atom. The van der Waals surface area contributed by atoms with Crippen molar-refractivity contribution >= 4 is 11.6 Å². The molecule has 2 aromatic carbocycles. The van der Waals surface area contributed by atoms with Crippen LogP contribution < -0.4 is 10.1 Å². The summed E-state index contributed by atoms with van der Waals surface area (Å²) in [5.41, 5.74) is 1.82. The number of hydrogen-bond donors (Lipinski definition) is 1. The van der Waals surface area contributed by atoms with Crippen molar-refractivity contribution in [1.82, 2.24) is 0 Å². The summed E-state index contributed by atoms with van der Waals surface area (Å²) in [7, 11) is 1.59. The average molecular weight is 273 g/mol. The lowest BCUT2D eigenvalue weighted by Crippen LogP contribution is -2.15. The number of halogens is 1. The summed E-state index contributed by atoms with van der Waals surface area (Å²) in [6.07, 6.45) is 0.236. The first-order valence-electron chi connectivity index (χ1n) is 6.28. The van der Waals surface area contributed by atoms with Gasteiger partial charge in [0.2, 0.25) is 5.91 Å². The number of amides is 1. The highest BCUT2D eigenvalue weighted by molar-refractivity contribution is 5.92. The molecule has 0 bridgehead atoms. The molecule has 20 heavy (non-hydrogen) atoms. The fourth-order valence-electron chi connectivity index (χ4n) is 1.87. The Morgan fingerprint density at radius 1 is 1.20 bits per heavy atom. The molecule has 0 heterocycles. The number of ether oxygens (including phenoxy) is 1. The highest BCUT2D eigenvalue weighted by Crippen LogP contribution is 2.18. The molecule has 0 aliphatic rings. The van der Waals surface area contributed by atoms with Crippen LogP contribution in [0.1, 0.15) is 11.1 Å².